The molecule has 2 aliphatic heterocycles. The molecular formula is C11H17NO3. The Labute approximate surface area is 89.6 Å². The number of hydrogen-bond donors (Lipinski definition) is 0. The van der Waals surface area contributed by atoms with Crippen LogP contribution in [0, 0.1) is 5.92 Å². The van der Waals surface area contributed by atoms with Crippen molar-refractivity contribution in [3.05, 3.63) is 0 Å². The van der Waals surface area contributed by atoms with Gasteiger partial charge in [-0.1, -0.05) is 0 Å². The average Bonchev–Trinajstić information content (AvgIpc) is 2.67. The molecule has 2 heterocycles. The average molecular weight is 211 g/mol. The summed E-state index contributed by atoms with van der Waals surface area (Å²) in [4.78, 5) is 25.7. The molecule has 0 bridgehead atoms. The van der Waals surface area contributed by atoms with Gasteiger partial charge in [0, 0.05) is 6.54 Å². The van der Waals surface area contributed by atoms with Crippen LogP contribution in [-0.2, 0) is 14.3 Å². The van der Waals surface area contributed by atoms with Crippen molar-refractivity contribution in [1.29, 1.82) is 0 Å². The van der Waals surface area contributed by atoms with Crippen LogP contribution < -0.4 is 0 Å². The standard InChI is InChI=1S/C11H17NO3/c1-2-15-11(14)8-5-7-12-6-3-4-9(12)10(8)13/h8-9H,2-7H2,1H3. The van der Waals surface area contributed by atoms with Crippen molar-refractivity contribution in [3.8, 4) is 0 Å². The van der Waals surface area contributed by atoms with Crippen molar-refractivity contribution in [1.82, 2.24) is 4.90 Å². The van der Waals surface area contributed by atoms with Gasteiger partial charge in [0.25, 0.3) is 0 Å². The van der Waals surface area contributed by atoms with Gasteiger partial charge in [0.2, 0.25) is 0 Å². The van der Waals surface area contributed by atoms with Gasteiger partial charge >= 0.3 is 5.97 Å². The summed E-state index contributed by atoms with van der Waals surface area (Å²) in [7, 11) is 0. The maximum Gasteiger partial charge on any atom is 0.316 e. The minimum atomic E-state index is -0.496. The molecule has 15 heavy (non-hydrogen) atoms. The number of fused-ring (bicyclic) bond motifs is 1. The second-order valence-corrected chi connectivity index (χ2v) is 4.19. The molecule has 0 aromatic carbocycles. The molecule has 0 aromatic heterocycles. The molecule has 2 saturated heterocycles. The van der Waals surface area contributed by atoms with Gasteiger partial charge in [-0.15, -0.1) is 0 Å². The summed E-state index contributed by atoms with van der Waals surface area (Å²) in [6.45, 7) is 4.00. The van der Waals surface area contributed by atoms with E-state index in [9.17, 15) is 9.59 Å². The fraction of sp³-hybridized carbons (Fsp3) is 0.818. The van der Waals surface area contributed by atoms with Gasteiger partial charge in [0.05, 0.1) is 12.6 Å². The van der Waals surface area contributed by atoms with Gasteiger partial charge in [-0.25, -0.2) is 0 Å². The van der Waals surface area contributed by atoms with Crippen molar-refractivity contribution < 1.29 is 14.3 Å². The van der Waals surface area contributed by atoms with Gasteiger partial charge in [-0.2, -0.15) is 0 Å². The fourth-order valence-corrected chi connectivity index (χ4v) is 2.56. The second kappa shape index (κ2) is 4.31. The van der Waals surface area contributed by atoms with E-state index in [0.29, 0.717) is 13.0 Å². The number of ether oxygens (including phenoxy) is 1. The Morgan fingerprint density at radius 3 is 3.00 bits per heavy atom. The van der Waals surface area contributed by atoms with Crippen LogP contribution in [0.5, 0.6) is 0 Å². The molecule has 0 aromatic rings. The molecule has 2 atom stereocenters. The van der Waals surface area contributed by atoms with E-state index in [2.05, 4.69) is 4.90 Å². The zero-order valence-corrected chi connectivity index (χ0v) is 9.07. The van der Waals surface area contributed by atoms with Crippen LogP contribution in [0.3, 0.4) is 0 Å². The maximum atomic E-state index is 12.0. The highest BCUT2D eigenvalue weighted by Crippen LogP contribution is 2.28. The van der Waals surface area contributed by atoms with E-state index >= 15 is 0 Å². The predicted octanol–water partition coefficient (Wildman–Crippen LogP) is 0.603. The topological polar surface area (TPSA) is 46.6 Å². The monoisotopic (exact) mass is 211 g/mol. The van der Waals surface area contributed by atoms with Crippen molar-refractivity contribution in [2.45, 2.75) is 32.2 Å². The first kappa shape index (κ1) is 10.6. The lowest BCUT2D eigenvalue weighted by Crippen LogP contribution is -2.48. The van der Waals surface area contributed by atoms with E-state index in [-0.39, 0.29) is 17.8 Å². The van der Waals surface area contributed by atoms with Gasteiger partial charge in [0.15, 0.2) is 5.78 Å². The van der Waals surface area contributed by atoms with E-state index in [1.807, 2.05) is 0 Å². The Hall–Kier alpha value is -0.900. The third-order valence-corrected chi connectivity index (χ3v) is 3.31. The number of esters is 1. The summed E-state index contributed by atoms with van der Waals surface area (Å²) < 4.78 is 4.92. The van der Waals surface area contributed by atoms with E-state index in [1.165, 1.54) is 0 Å². The van der Waals surface area contributed by atoms with Crippen LogP contribution in [0.15, 0.2) is 0 Å². The van der Waals surface area contributed by atoms with Crippen LogP contribution >= 0.6 is 0 Å². The maximum absolute atomic E-state index is 12.0. The number of ketones is 1. The third-order valence-electron chi connectivity index (χ3n) is 3.31. The van der Waals surface area contributed by atoms with E-state index in [0.717, 1.165) is 25.9 Å². The van der Waals surface area contributed by atoms with Crippen LogP contribution in [0.25, 0.3) is 0 Å². The Balaban J connectivity index is 2.03. The van der Waals surface area contributed by atoms with E-state index in [1.54, 1.807) is 6.92 Å². The zero-order valence-electron chi connectivity index (χ0n) is 9.07. The molecule has 2 aliphatic rings. The molecule has 0 spiro atoms. The molecule has 4 heteroatoms. The first-order chi connectivity index (χ1) is 7.24. The molecule has 0 saturated carbocycles. The van der Waals surface area contributed by atoms with Gasteiger partial charge < -0.3 is 4.74 Å². The molecular weight excluding hydrogens is 194 g/mol. The van der Waals surface area contributed by atoms with Crippen molar-refractivity contribution in [2.75, 3.05) is 19.7 Å². The highest BCUT2D eigenvalue weighted by Gasteiger charge is 2.42. The Morgan fingerprint density at radius 1 is 1.47 bits per heavy atom. The SMILES string of the molecule is CCOC(=O)C1CCN2CCCC2C1=O. The highest BCUT2D eigenvalue weighted by molar-refractivity contribution is 6.02. The molecule has 0 N–H and O–H groups in total. The number of nitrogens with zero attached hydrogens (tertiary/aromatic N) is 1. The quantitative estimate of drug-likeness (QED) is 0.496. The first-order valence-electron chi connectivity index (χ1n) is 5.68. The van der Waals surface area contributed by atoms with Gasteiger partial charge in [-0.05, 0) is 32.7 Å². The lowest BCUT2D eigenvalue weighted by Gasteiger charge is -2.32. The summed E-state index contributed by atoms with van der Waals surface area (Å²) in [5.41, 5.74) is 0. The van der Waals surface area contributed by atoms with Gasteiger partial charge in [0.1, 0.15) is 5.92 Å². The summed E-state index contributed by atoms with van der Waals surface area (Å²) in [5.74, 6) is -0.740. The van der Waals surface area contributed by atoms with E-state index < -0.39 is 5.92 Å². The Morgan fingerprint density at radius 2 is 2.27 bits per heavy atom. The fourth-order valence-electron chi connectivity index (χ4n) is 2.56. The largest absolute Gasteiger partial charge is 0.465 e. The number of carbonyl (C=O) groups is 2. The minimum Gasteiger partial charge on any atom is -0.465 e. The van der Waals surface area contributed by atoms with E-state index in [4.69, 9.17) is 4.74 Å². The van der Waals surface area contributed by atoms with Crippen LogP contribution in [0.2, 0.25) is 0 Å². The zero-order chi connectivity index (χ0) is 10.8. The number of rotatable bonds is 2. The Kier molecular flexibility index (Phi) is 3.05. The van der Waals surface area contributed by atoms with Crippen molar-refractivity contribution in [2.24, 2.45) is 5.92 Å². The molecule has 4 nitrogen and oxygen atoms in total. The molecule has 84 valence electrons. The molecule has 2 rings (SSSR count). The van der Waals surface area contributed by atoms with Crippen molar-refractivity contribution >= 4 is 11.8 Å². The molecule has 0 amide bonds. The first-order valence-corrected chi connectivity index (χ1v) is 5.68. The third kappa shape index (κ3) is 1.91. The normalized spacial score (nSPS) is 31.4. The summed E-state index contributed by atoms with van der Waals surface area (Å²) in [6, 6.07) is -0.00634. The van der Waals surface area contributed by atoms with Crippen molar-refractivity contribution in [3.63, 3.8) is 0 Å². The molecule has 2 unspecified atom stereocenters. The number of Topliss-reactive ketones (excluding diaryl/α,β-unsaturated/α-hetero) is 1. The van der Waals surface area contributed by atoms with Crippen LogP contribution in [0.4, 0.5) is 0 Å². The summed E-state index contributed by atoms with van der Waals surface area (Å²) >= 11 is 0. The van der Waals surface area contributed by atoms with Gasteiger partial charge in [-0.3, -0.25) is 14.5 Å². The number of carbonyl (C=O) groups excluding carboxylic acids is 2. The summed E-state index contributed by atoms with van der Waals surface area (Å²) in [6.07, 6.45) is 2.62. The molecule has 0 aliphatic carbocycles. The lowest BCUT2D eigenvalue weighted by molar-refractivity contribution is -0.155. The Bertz CT molecular complexity index is 277. The molecule has 2 fully saturated rings. The number of piperidine rings is 1. The molecule has 0 radical (unpaired) electrons. The summed E-state index contributed by atoms with van der Waals surface area (Å²) in [5, 5.41) is 0. The number of hydrogen-bond acceptors (Lipinski definition) is 4. The smallest absolute Gasteiger partial charge is 0.316 e. The minimum absolute atomic E-state index is 0.00634. The second-order valence-electron chi connectivity index (χ2n) is 4.19. The lowest BCUT2D eigenvalue weighted by atomic mass is 9.90. The van der Waals surface area contributed by atoms with Crippen LogP contribution in [0.1, 0.15) is 26.2 Å². The predicted molar refractivity (Wildman–Crippen MR) is 54.3 cm³/mol. The highest BCUT2D eigenvalue weighted by atomic mass is 16.5. The van der Waals surface area contributed by atoms with Crippen LogP contribution in [-0.4, -0.2) is 42.4 Å².